The highest BCUT2D eigenvalue weighted by Gasteiger charge is 2.11. The Labute approximate surface area is 95.5 Å². The van der Waals surface area contributed by atoms with E-state index in [4.69, 9.17) is 16.7 Å². The first-order valence-corrected chi connectivity index (χ1v) is 4.91. The Morgan fingerprint density at radius 1 is 1.25 bits per heavy atom. The number of halogens is 1. The fourth-order valence-corrected chi connectivity index (χ4v) is 1.49. The van der Waals surface area contributed by atoms with Crippen molar-refractivity contribution >= 4 is 11.6 Å². The molecular formula is C10H9ClN2O3. The van der Waals surface area contributed by atoms with Crippen molar-refractivity contribution in [1.82, 2.24) is 9.55 Å². The van der Waals surface area contributed by atoms with Crippen LogP contribution in [0.5, 0.6) is 11.8 Å². The van der Waals surface area contributed by atoms with Crippen LogP contribution in [0.25, 0.3) is 0 Å². The molecule has 0 saturated carbocycles. The molecule has 1 heterocycles. The number of hydrogen-bond acceptors (Lipinski definition) is 3. The standard InChI is InChI=1S/C10H9ClN2O3/c11-7-3-1-6(2-4-7)5-13-9(15)8(14)12-10(13)16/h1-4,14-15H,5H2,(H,12,16). The van der Waals surface area contributed by atoms with Gasteiger partial charge in [0.1, 0.15) is 0 Å². The van der Waals surface area contributed by atoms with E-state index in [-0.39, 0.29) is 6.54 Å². The highest BCUT2D eigenvalue weighted by Crippen LogP contribution is 2.20. The molecule has 2 aromatic rings. The fourth-order valence-electron chi connectivity index (χ4n) is 1.37. The van der Waals surface area contributed by atoms with Crippen molar-refractivity contribution in [3.8, 4) is 11.8 Å². The number of aromatic amines is 1. The SMILES string of the molecule is O=c1[nH]c(O)c(O)n1Cc1ccc(Cl)cc1. The number of aromatic hydroxyl groups is 2. The number of imidazole rings is 1. The molecule has 84 valence electrons. The molecule has 0 spiro atoms. The maximum atomic E-state index is 11.3. The Bertz CT molecular complexity index is 556. The molecule has 0 aliphatic carbocycles. The molecule has 6 heteroatoms. The summed E-state index contributed by atoms with van der Waals surface area (Å²) in [4.78, 5) is 13.4. The Balaban J connectivity index is 2.34. The molecule has 0 bridgehead atoms. The number of hydrogen-bond donors (Lipinski definition) is 3. The van der Waals surface area contributed by atoms with Crippen LogP contribution in [-0.4, -0.2) is 19.8 Å². The van der Waals surface area contributed by atoms with Crippen LogP contribution in [0.2, 0.25) is 5.02 Å². The van der Waals surface area contributed by atoms with Crippen molar-refractivity contribution < 1.29 is 10.2 Å². The van der Waals surface area contributed by atoms with Crippen molar-refractivity contribution in [3.05, 3.63) is 45.3 Å². The van der Waals surface area contributed by atoms with Crippen molar-refractivity contribution in [2.45, 2.75) is 6.54 Å². The fraction of sp³-hybridized carbons (Fsp3) is 0.100. The first kappa shape index (κ1) is 10.6. The second kappa shape index (κ2) is 3.94. The molecule has 1 aromatic heterocycles. The first-order valence-electron chi connectivity index (χ1n) is 4.53. The third-order valence-electron chi connectivity index (χ3n) is 2.19. The van der Waals surface area contributed by atoms with Gasteiger partial charge in [-0.25, -0.2) is 4.79 Å². The van der Waals surface area contributed by atoms with E-state index in [1.807, 2.05) is 0 Å². The molecule has 3 N–H and O–H groups in total. The Hall–Kier alpha value is -1.88. The van der Waals surface area contributed by atoms with E-state index in [9.17, 15) is 9.90 Å². The third-order valence-corrected chi connectivity index (χ3v) is 2.44. The predicted molar refractivity (Wildman–Crippen MR) is 58.9 cm³/mol. The Morgan fingerprint density at radius 3 is 2.38 bits per heavy atom. The summed E-state index contributed by atoms with van der Waals surface area (Å²) in [5.41, 5.74) is 0.228. The second-order valence-corrected chi connectivity index (χ2v) is 3.75. The third kappa shape index (κ3) is 1.90. The molecule has 0 aliphatic rings. The van der Waals surface area contributed by atoms with Crippen molar-refractivity contribution in [2.24, 2.45) is 0 Å². The van der Waals surface area contributed by atoms with E-state index < -0.39 is 17.4 Å². The van der Waals surface area contributed by atoms with Gasteiger partial charge in [0, 0.05) is 5.02 Å². The maximum Gasteiger partial charge on any atom is 0.331 e. The van der Waals surface area contributed by atoms with Gasteiger partial charge in [-0.05, 0) is 17.7 Å². The van der Waals surface area contributed by atoms with Crippen molar-refractivity contribution in [1.29, 1.82) is 0 Å². The molecule has 0 unspecified atom stereocenters. The van der Waals surface area contributed by atoms with E-state index in [2.05, 4.69) is 4.98 Å². The van der Waals surface area contributed by atoms with Crippen LogP contribution < -0.4 is 5.69 Å². The predicted octanol–water partition coefficient (Wildman–Crippen LogP) is 1.29. The number of H-pyrrole nitrogens is 1. The highest BCUT2D eigenvalue weighted by molar-refractivity contribution is 6.30. The molecule has 0 amide bonds. The minimum Gasteiger partial charge on any atom is -0.491 e. The quantitative estimate of drug-likeness (QED) is 0.740. The first-order chi connectivity index (χ1) is 7.58. The lowest BCUT2D eigenvalue weighted by atomic mass is 10.2. The lowest BCUT2D eigenvalue weighted by Crippen LogP contribution is -2.17. The van der Waals surface area contributed by atoms with Gasteiger partial charge in [0.25, 0.3) is 11.8 Å². The smallest absolute Gasteiger partial charge is 0.331 e. The highest BCUT2D eigenvalue weighted by atomic mass is 35.5. The molecule has 0 radical (unpaired) electrons. The monoisotopic (exact) mass is 240 g/mol. The number of nitrogens with zero attached hydrogens (tertiary/aromatic N) is 1. The number of nitrogens with one attached hydrogen (secondary N) is 1. The van der Waals surface area contributed by atoms with Gasteiger partial charge in [0.2, 0.25) is 0 Å². The lowest BCUT2D eigenvalue weighted by Gasteiger charge is -2.02. The molecular weight excluding hydrogens is 232 g/mol. The van der Waals surface area contributed by atoms with Gasteiger partial charge < -0.3 is 10.2 Å². The summed E-state index contributed by atoms with van der Waals surface area (Å²) in [6.07, 6.45) is 0. The molecule has 5 nitrogen and oxygen atoms in total. The van der Waals surface area contributed by atoms with Crippen LogP contribution in [0.1, 0.15) is 5.56 Å². The van der Waals surface area contributed by atoms with Gasteiger partial charge in [-0.1, -0.05) is 23.7 Å². The minimum atomic E-state index is -0.565. The van der Waals surface area contributed by atoms with Crippen LogP contribution in [0.15, 0.2) is 29.1 Å². The maximum absolute atomic E-state index is 11.3. The summed E-state index contributed by atoms with van der Waals surface area (Å²) in [7, 11) is 0. The topological polar surface area (TPSA) is 78.2 Å². The summed E-state index contributed by atoms with van der Waals surface area (Å²) < 4.78 is 1.03. The van der Waals surface area contributed by atoms with Gasteiger partial charge >= 0.3 is 5.69 Å². The summed E-state index contributed by atoms with van der Waals surface area (Å²) in [6.45, 7) is 0.166. The van der Waals surface area contributed by atoms with Gasteiger partial charge in [0.15, 0.2) is 0 Å². The summed E-state index contributed by atoms with van der Waals surface area (Å²) >= 11 is 5.72. The van der Waals surface area contributed by atoms with Crippen LogP contribution in [-0.2, 0) is 6.54 Å². The van der Waals surface area contributed by atoms with Crippen molar-refractivity contribution in [3.63, 3.8) is 0 Å². The van der Waals surface area contributed by atoms with Gasteiger partial charge in [-0.15, -0.1) is 0 Å². The molecule has 0 saturated heterocycles. The molecule has 0 atom stereocenters. The van der Waals surface area contributed by atoms with E-state index >= 15 is 0 Å². The van der Waals surface area contributed by atoms with Crippen LogP contribution in [0, 0.1) is 0 Å². The van der Waals surface area contributed by atoms with E-state index in [1.54, 1.807) is 24.3 Å². The van der Waals surface area contributed by atoms with Crippen LogP contribution >= 0.6 is 11.6 Å². The molecule has 0 aliphatic heterocycles. The second-order valence-electron chi connectivity index (χ2n) is 3.31. The van der Waals surface area contributed by atoms with Crippen LogP contribution in [0.4, 0.5) is 0 Å². The molecule has 0 fully saturated rings. The Kier molecular flexibility index (Phi) is 2.62. The van der Waals surface area contributed by atoms with Crippen molar-refractivity contribution in [2.75, 3.05) is 0 Å². The number of rotatable bonds is 2. The summed E-state index contributed by atoms with van der Waals surface area (Å²) in [5, 5.41) is 19.1. The number of benzene rings is 1. The summed E-state index contributed by atoms with van der Waals surface area (Å²) in [5.74, 6) is -1.00. The average Bonchev–Trinajstić information content (AvgIpc) is 2.48. The molecule has 2 rings (SSSR count). The zero-order valence-electron chi connectivity index (χ0n) is 8.14. The van der Waals surface area contributed by atoms with Crippen LogP contribution in [0.3, 0.4) is 0 Å². The summed E-state index contributed by atoms with van der Waals surface area (Å²) in [6, 6.07) is 6.84. The lowest BCUT2D eigenvalue weighted by molar-refractivity contribution is 0.370. The number of aromatic nitrogens is 2. The van der Waals surface area contributed by atoms with Gasteiger partial charge in [-0.3, -0.25) is 9.55 Å². The minimum absolute atomic E-state index is 0.166. The van der Waals surface area contributed by atoms with E-state index in [1.165, 1.54) is 0 Å². The zero-order valence-corrected chi connectivity index (χ0v) is 8.90. The Morgan fingerprint density at radius 2 is 1.88 bits per heavy atom. The van der Waals surface area contributed by atoms with E-state index in [0.29, 0.717) is 5.02 Å². The van der Waals surface area contributed by atoms with Gasteiger partial charge in [-0.2, -0.15) is 0 Å². The largest absolute Gasteiger partial charge is 0.491 e. The average molecular weight is 241 g/mol. The molecule has 16 heavy (non-hydrogen) atoms. The normalized spacial score (nSPS) is 10.6. The van der Waals surface area contributed by atoms with E-state index in [0.717, 1.165) is 10.1 Å². The van der Waals surface area contributed by atoms with Gasteiger partial charge in [0.05, 0.1) is 6.54 Å². The molecule has 1 aromatic carbocycles. The zero-order chi connectivity index (χ0) is 11.7.